The van der Waals surface area contributed by atoms with Crippen molar-refractivity contribution in [2.75, 3.05) is 24.6 Å². The minimum absolute atomic E-state index is 0.223. The maximum atomic E-state index is 9.29. The zero-order valence-electron chi connectivity index (χ0n) is 10.4. The molecule has 0 spiro atoms. The molecule has 2 heterocycles. The average molecular weight is 235 g/mol. The summed E-state index contributed by atoms with van der Waals surface area (Å²) in [7, 11) is 0. The number of anilines is 1. The lowest BCUT2D eigenvalue weighted by Crippen LogP contribution is -2.32. The van der Waals surface area contributed by atoms with Crippen LogP contribution in [0.1, 0.15) is 25.3 Å². The van der Waals surface area contributed by atoms with Gasteiger partial charge < -0.3 is 15.3 Å². The molecule has 0 amide bonds. The lowest BCUT2D eigenvalue weighted by atomic mass is 10.2. The molecular weight excluding hydrogens is 214 g/mol. The molecule has 0 aliphatic carbocycles. The third kappa shape index (κ3) is 2.96. The van der Waals surface area contributed by atoms with Gasteiger partial charge in [0.1, 0.15) is 5.82 Å². The maximum absolute atomic E-state index is 9.29. The van der Waals surface area contributed by atoms with E-state index in [1.54, 1.807) is 0 Å². The Morgan fingerprint density at radius 1 is 1.53 bits per heavy atom. The fourth-order valence-corrected chi connectivity index (χ4v) is 2.29. The Morgan fingerprint density at radius 3 is 3.06 bits per heavy atom. The molecule has 1 aromatic rings. The van der Waals surface area contributed by atoms with E-state index in [1.165, 1.54) is 5.56 Å². The van der Waals surface area contributed by atoms with Crippen LogP contribution in [-0.4, -0.2) is 35.8 Å². The second-order valence-electron chi connectivity index (χ2n) is 4.48. The van der Waals surface area contributed by atoms with Crippen molar-refractivity contribution in [2.24, 2.45) is 0 Å². The molecule has 1 saturated heterocycles. The SMILES string of the molecule is CCNCc1ccc(N2CCCC2CO)nc1. The molecule has 2 N–H and O–H groups in total. The van der Waals surface area contributed by atoms with Gasteiger partial charge in [0.2, 0.25) is 0 Å². The molecule has 1 aromatic heterocycles. The second-order valence-corrected chi connectivity index (χ2v) is 4.48. The molecule has 0 radical (unpaired) electrons. The summed E-state index contributed by atoms with van der Waals surface area (Å²) < 4.78 is 0. The zero-order valence-corrected chi connectivity index (χ0v) is 10.4. The fourth-order valence-electron chi connectivity index (χ4n) is 2.29. The summed E-state index contributed by atoms with van der Waals surface area (Å²) >= 11 is 0. The summed E-state index contributed by atoms with van der Waals surface area (Å²) in [4.78, 5) is 6.69. The molecule has 1 fully saturated rings. The maximum Gasteiger partial charge on any atom is 0.128 e. The molecular formula is C13H21N3O. The number of rotatable bonds is 5. The standard InChI is InChI=1S/C13H21N3O/c1-2-14-8-11-5-6-13(15-9-11)16-7-3-4-12(16)10-17/h5-6,9,12,14,17H,2-4,7-8,10H2,1H3. The van der Waals surface area contributed by atoms with Crippen LogP contribution in [0.2, 0.25) is 0 Å². The van der Waals surface area contributed by atoms with Crippen molar-refractivity contribution >= 4 is 5.82 Å². The van der Waals surface area contributed by atoms with Crippen molar-refractivity contribution < 1.29 is 5.11 Å². The van der Waals surface area contributed by atoms with E-state index in [2.05, 4.69) is 34.3 Å². The quantitative estimate of drug-likeness (QED) is 0.804. The topological polar surface area (TPSA) is 48.4 Å². The van der Waals surface area contributed by atoms with Crippen LogP contribution in [0.15, 0.2) is 18.3 Å². The Bertz CT molecular complexity index is 339. The molecule has 17 heavy (non-hydrogen) atoms. The van der Waals surface area contributed by atoms with Crippen molar-refractivity contribution in [2.45, 2.75) is 32.4 Å². The smallest absolute Gasteiger partial charge is 0.128 e. The number of nitrogens with one attached hydrogen (secondary N) is 1. The van der Waals surface area contributed by atoms with Crippen molar-refractivity contribution in [3.8, 4) is 0 Å². The summed E-state index contributed by atoms with van der Waals surface area (Å²) in [6.07, 6.45) is 4.13. The van der Waals surface area contributed by atoms with E-state index in [4.69, 9.17) is 0 Å². The largest absolute Gasteiger partial charge is 0.394 e. The van der Waals surface area contributed by atoms with Crippen LogP contribution in [0.25, 0.3) is 0 Å². The number of pyridine rings is 1. The summed E-state index contributed by atoms with van der Waals surface area (Å²) in [5, 5.41) is 12.6. The van der Waals surface area contributed by atoms with Crippen LogP contribution in [0.5, 0.6) is 0 Å². The number of aromatic nitrogens is 1. The first-order chi connectivity index (χ1) is 8.35. The normalized spacial score (nSPS) is 19.9. The Morgan fingerprint density at radius 2 is 2.41 bits per heavy atom. The van der Waals surface area contributed by atoms with E-state index < -0.39 is 0 Å². The Labute approximate surface area is 103 Å². The van der Waals surface area contributed by atoms with Crippen molar-refractivity contribution in [3.05, 3.63) is 23.9 Å². The molecule has 2 rings (SSSR count). The van der Waals surface area contributed by atoms with Crippen molar-refractivity contribution in [3.63, 3.8) is 0 Å². The third-order valence-electron chi connectivity index (χ3n) is 3.27. The summed E-state index contributed by atoms with van der Waals surface area (Å²) in [5.74, 6) is 0.988. The van der Waals surface area contributed by atoms with E-state index >= 15 is 0 Å². The molecule has 0 aromatic carbocycles. The molecule has 0 saturated carbocycles. The number of hydrogen-bond donors (Lipinski definition) is 2. The molecule has 94 valence electrons. The molecule has 0 bridgehead atoms. The number of aliphatic hydroxyl groups is 1. The Kier molecular flexibility index (Phi) is 4.34. The van der Waals surface area contributed by atoms with Crippen LogP contribution in [0.4, 0.5) is 5.82 Å². The molecule has 1 unspecified atom stereocenters. The van der Waals surface area contributed by atoms with Crippen LogP contribution in [-0.2, 0) is 6.54 Å². The van der Waals surface area contributed by atoms with E-state index in [9.17, 15) is 5.11 Å². The van der Waals surface area contributed by atoms with Gasteiger partial charge in [-0.05, 0) is 31.0 Å². The van der Waals surface area contributed by atoms with Crippen molar-refractivity contribution in [1.82, 2.24) is 10.3 Å². The minimum Gasteiger partial charge on any atom is -0.394 e. The van der Waals surface area contributed by atoms with Gasteiger partial charge in [-0.15, -0.1) is 0 Å². The highest BCUT2D eigenvalue weighted by atomic mass is 16.3. The molecule has 4 nitrogen and oxygen atoms in total. The van der Waals surface area contributed by atoms with Crippen LogP contribution < -0.4 is 10.2 Å². The third-order valence-corrected chi connectivity index (χ3v) is 3.27. The molecule has 1 atom stereocenters. The van der Waals surface area contributed by atoms with E-state index in [1.807, 2.05) is 6.20 Å². The van der Waals surface area contributed by atoms with Gasteiger partial charge in [0.25, 0.3) is 0 Å². The van der Waals surface area contributed by atoms with Gasteiger partial charge >= 0.3 is 0 Å². The monoisotopic (exact) mass is 235 g/mol. The summed E-state index contributed by atoms with van der Waals surface area (Å²) in [6, 6.07) is 4.42. The summed E-state index contributed by atoms with van der Waals surface area (Å²) in [5.41, 5.74) is 1.20. The van der Waals surface area contributed by atoms with Gasteiger partial charge in [0.05, 0.1) is 12.6 Å². The molecule has 4 heteroatoms. The second kappa shape index (κ2) is 5.98. The first-order valence-electron chi connectivity index (χ1n) is 6.38. The van der Waals surface area contributed by atoms with Gasteiger partial charge in [-0.1, -0.05) is 13.0 Å². The van der Waals surface area contributed by atoms with Crippen LogP contribution in [0, 0.1) is 0 Å². The first-order valence-corrected chi connectivity index (χ1v) is 6.38. The highest BCUT2D eigenvalue weighted by Crippen LogP contribution is 2.23. The van der Waals surface area contributed by atoms with E-state index in [-0.39, 0.29) is 12.6 Å². The van der Waals surface area contributed by atoms with Crippen molar-refractivity contribution in [1.29, 1.82) is 0 Å². The lowest BCUT2D eigenvalue weighted by Gasteiger charge is -2.24. The molecule has 1 aliphatic rings. The van der Waals surface area contributed by atoms with Gasteiger partial charge in [0.15, 0.2) is 0 Å². The Balaban J connectivity index is 2.01. The highest BCUT2D eigenvalue weighted by molar-refractivity contribution is 5.41. The highest BCUT2D eigenvalue weighted by Gasteiger charge is 2.24. The predicted octanol–water partition coefficient (Wildman–Crippen LogP) is 1.15. The summed E-state index contributed by atoms with van der Waals surface area (Å²) in [6.45, 7) is 5.16. The number of aliphatic hydroxyl groups excluding tert-OH is 1. The van der Waals surface area contributed by atoms with Crippen LogP contribution in [0.3, 0.4) is 0 Å². The number of hydrogen-bond acceptors (Lipinski definition) is 4. The zero-order chi connectivity index (χ0) is 12.1. The van der Waals surface area contributed by atoms with Gasteiger partial charge in [-0.2, -0.15) is 0 Å². The van der Waals surface area contributed by atoms with Gasteiger partial charge in [-0.3, -0.25) is 0 Å². The Hall–Kier alpha value is -1.13. The first kappa shape index (κ1) is 12.3. The molecule has 1 aliphatic heterocycles. The number of nitrogens with zero attached hydrogens (tertiary/aromatic N) is 2. The average Bonchev–Trinajstić information content (AvgIpc) is 2.85. The predicted molar refractivity (Wildman–Crippen MR) is 69.1 cm³/mol. The van der Waals surface area contributed by atoms with Crippen LogP contribution >= 0.6 is 0 Å². The van der Waals surface area contributed by atoms with E-state index in [0.717, 1.165) is 38.3 Å². The fraction of sp³-hybridized carbons (Fsp3) is 0.615. The van der Waals surface area contributed by atoms with E-state index in [0.29, 0.717) is 0 Å². The van der Waals surface area contributed by atoms with Gasteiger partial charge in [-0.25, -0.2) is 4.98 Å². The van der Waals surface area contributed by atoms with Gasteiger partial charge in [0, 0.05) is 19.3 Å². The lowest BCUT2D eigenvalue weighted by molar-refractivity contribution is 0.266. The minimum atomic E-state index is 0.223.